The van der Waals surface area contributed by atoms with Gasteiger partial charge in [-0.3, -0.25) is 4.98 Å². The second-order valence-corrected chi connectivity index (χ2v) is 6.11. The fourth-order valence-corrected chi connectivity index (χ4v) is 2.67. The molecule has 0 fully saturated rings. The van der Waals surface area contributed by atoms with E-state index < -0.39 is 0 Å². The van der Waals surface area contributed by atoms with Gasteiger partial charge >= 0.3 is 0 Å². The summed E-state index contributed by atoms with van der Waals surface area (Å²) in [5, 5.41) is 3.56. The second-order valence-electron chi connectivity index (χ2n) is 6.11. The number of unbranched alkanes of at least 4 members (excludes halogenated alkanes) is 9. The number of hydrogen-bond donors (Lipinski definition) is 1. The zero-order chi connectivity index (χ0) is 15.2. The van der Waals surface area contributed by atoms with Crippen molar-refractivity contribution in [2.24, 2.45) is 0 Å². The maximum atomic E-state index is 4.39. The van der Waals surface area contributed by atoms with Crippen LogP contribution in [0.5, 0.6) is 0 Å². The van der Waals surface area contributed by atoms with Crippen LogP contribution in [0, 0.1) is 0 Å². The molecule has 0 aliphatic heterocycles. The number of hydrogen-bond acceptors (Lipinski definition) is 2. The van der Waals surface area contributed by atoms with Gasteiger partial charge < -0.3 is 5.32 Å². The summed E-state index contributed by atoms with van der Waals surface area (Å²) in [5.41, 5.74) is 1.14. The Labute approximate surface area is 131 Å². The fraction of sp³-hybridized carbons (Fsp3) is 0.737. The van der Waals surface area contributed by atoms with Crippen LogP contribution in [0.15, 0.2) is 24.4 Å². The van der Waals surface area contributed by atoms with Crippen molar-refractivity contribution in [3.63, 3.8) is 0 Å². The Morgan fingerprint density at radius 2 is 1.52 bits per heavy atom. The van der Waals surface area contributed by atoms with Crippen molar-refractivity contribution in [2.75, 3.05) is 6.54 Å². The van der Waals surface area contributed by atoms with Crippen LogP contribution in [0.1, 0.15) is 89.8 Å². The molecule has 0 amide bonds. The Morgan fingerprint density at radius 3 is 2.10 bits per heavy atom. The summed E-state index contributed by atoms with van der Waals surface area (Å²) < 4.78 is 0. The third kappa shape index (κ3) is 9.62. The number of aromatic nitrogens is 1. The molecule has 0 saturated heterocycles. The van der Waals surface area contributed by atoms with E-state index >= 15 is 0 Å². The van der Waals surface area contributed by atoms with E-state index in [4.69, 9.17) is 0 Å². The maximum Gasteiger partial charge on any atom is 0.0570 e. The van der Waals surface area contributed by atoms with Gasteiger partial charge in [-0.05, 0) is 32.0 Å². The monoisotopic (exact) mass is 290 g/mol. The van der Waals surface area contributed by atoms with E-state index in [1.165, 1.54) is 64.2 Å². The van der Waals surface area contributed by atoms with Crippen LogP contribution in [0.2, 0.25) is 0 Å². The quantitative estimate of drug-likeness (QED) is 0.475. The molecular formula is C19H34N2. The van der Waals surface area contributed by atoms with Crippen LogP contribution in [0.25, 0.3) is 0 Å². The van der Waals surface area contributed by atoms with Crippen LogP contribution in [-0.2, 0) is 0 Å². The van der Waals surface area contributed by atoms with E-state index in [9.17, 15) is 0 Å². The minimum absolute atomic E-state index is 0.366. The van der Waals surface area contributed by atoms with E-state index in [1.807, 2.05) is 12.3 Å². The predicted octanol–water partition coefficient (Wildman–Crippen LogP) is 5.65. The van der Waals surface area contributed by atoms with Crippen molar-refractivity contribution < 1.29 is 0 Å². The molecule has 0 aliphatic carbocycles. The van der Waals surface area contributed by atoms with Gasteiger partial charge in [-0.15, -0.1) is 0 Å². The molecule has 0 aliphatic rings. The van der Waals surface area contributed by atoms with Crippen molar-refractivity contribution in [3.8, 4) is 0 Å². The first kappa shape index (κ1) is 18.2. The Bertz CT molecular complexity index is 324. The van der Waals surface area contributed by atoms with Gasteiger partial charge in [0, 0.05) is 12.2 Å². The van der Waals surface area contributed by atoms with E-state index in [-0.39, 0.29) is 0 Å². The second kappa shape index (κ2) is 12.8. The van der Waals surface area contributed by atoms with Crippen molar-refractivity contribution in [1.82, 2.24) is 10.3 Å². The summed E-state index contributed by atoms with van der Waals surface area (Å²) in [6.45, 7) is 5.58. The van der Waals surface area contributed by atoms with Gasteiger partial charge in [-0.25, -0.2) is 0 Å². The highest BCUT2D eigenvalue weighted by atomic mass is 14.9. The molecule has 1 heterocycles. The highest BCUT2D eigenvalue weighted by Gasteiger charge is 2.03. The zero-order valence-electron chi connectivity index (χ0n) is 14.1. The summed E-state index contributed by atoms with van der Waals surface area (Å²) in [6.07, 6.45) is 15.8. The molecule has 1 N–H and O–H groups in total. The molecule has 0 aromatic carbocycles. The van der Waals surface area contributed by atoms with Gasteiger partial charge in [0.2, 0.25) is 0 Å². The van der Waals surface area contributed by atoms with Crippen LogP contribution in [0.4, 0.5) is 0 Å². The molecule has 1 atom stereocenters. The molecule has 1 aromatic rings. The van der Waals surface area contributed by atoms with Gasteiger partial charge in [0.25, 0.3) is 0 Å². The molecule has 0 spiro atoms. The minimum Gasteiger partial charge on any atom is -0.309 e. The van der Waals surface area contributed by atoms with Crippen molar-refractivity contribution in [3.05, 3.63) is 30.1 Å². The Kier molecular flexibility index (Phi) is 11.1. The number of nitrogens with zero attached hydrogens (tertiary/aromatic N) is 1. The van der Waals surface area contributed by atoms with Crippen LogP contribution in [0.3, 0.4) is 0 Å². The standard InChI is InChI=1S/C19H34N2/c1-3-4-5-6-7-8-9-10-11-13-16-20-18(2)19-15-12-14-17-21-19/h12,14-15,17-18,20H,3-11,13,16H2,1-2H3/t18-/m1/s1. The first-order chi connectivity index (χ1) is 10.3. The third-order valence-corrected chi connectivity index (χ3v) is 4.11. The highest BCUT2D eigenvalue weighted by Crippen LogP contribution is 2.11. The molecule has 120 valence electrons. The third-order valence-electron chi connectivity index (χ3n) is 4.11. The number of rotatable bonds is 13. The van der Waals surface area contributed by atoms with E-state index in [0.717, 1.165) is 12.2 Å². The maximum absolute atomic E-state index is 4.39. The topological polar surface area (TPSA) is 24.9 Å². The minimum atomic E-state index is 0.366. The van der Waals surface area contributed by atoms with Gasteiger partial charge in [0.15, 0.2) is 0 Å². The highest BCUT2D eigenvalue weighted by molar-refractivity contribution is 5.07. The number of pyridine rings is 1. The fourth-order valence-electron chi connectivity index (χ4n) is 2.67. The van der Waals surface area contributed by atoms with Gasteiger partial charge in [-0.1, -0.05) is 70.8 Å². The molecule has 0 saturated carbocycles. The predicted molar refractivity (Wildman–Crippen MR) is 92.5 cm³/mol. The normalized spacial score (nSPS) is 12.5. The lowest BCUT2D eigenvalue weighted by molar-refractivity contribution is 0.513. The van der Waals surface area contributed by atoms with Crippen molar-refractivity contribution in [2.45, 2.75) is 84.1 Å². The number of nitrogens with one attached hydrogen (secondary N) is 1. The van der Waals surface area contributed by atoms with E-state index in [2.05, 4.69) is 36.3 Å². The van der Waals surface area contributed by atoms with Crippen molar-refractivity contribution >= 4 is 0 Å². The first-order valence-electron chi connectivity index (χ1n) is 8.99. The molecule has 1 rings (SSSR count). The molecular weight excluding hydrogens is 256 g/mol. The smallest absolute Gasteiger partial charge is 0.0570 e. The molecule has 21 heavy (non-hydrogen) atoms. The lowest BCUT2D eigenvalue weighted by atomic mass is 10.1. The SMILES string of the molecule is CCCCCCCCCCCCN[C@H](C)c1ccccn1. The summed E-state index contributed by atoms with van der Waals surface area (Å²) in [5.74, 6) is 0. The average molecular weight is 290 g/mol. The zero-order valence-corrected chi connectivity index (χ0v) is 14.1. The average Bonchev–Trinajstić information content (AvgIpc) is 2.53. The first-order valence-corrected chi connectivity index (χ1v) is 8.99. The summed E-state index contributed by atoms with van der Waals surface area (Å²) in [4.78, 5) is 4.39. The largest absolute Gasteiger partial charge is 0.309 e. The Balaban J connectivity index is 1.86. The molecule has 2 nitrogen and oxygen atoms in total. The molecule has 0 radical (unpaired) electrons. The summed E-state index contributed by atoms with van der Waals surface area (Å²) in [7, 11) is 0. The van der Waals surface area contributed by atoms with Gasteiger partial charge in [-0.2, -0.15) is 0 Å². The lowest BCUT2D eigenvalue weighted by Crippen LogP contribution is -2.20. The Hall–Kier alpha value is -0.890. The molecule has 2 heteroatoms. The van der Waals surface area contributed by atoms with E-state index in [0.29, 0.717) is 6.04 Å². The van der Waals surface area contributed by atoms with Gasteiger partial charge in [0.05, 0.1) is 5.69 Å². The van der Waals surface area contributed by atoms with E-state index in [1.54, 1.807) is 0 Å². The van der Waals surface area contributed by atoms with Crippen LogP contribution in [-0.4, -0.2) is 11.5 Å². The molecule has 0 unspecified atom stereocenters. The summed E-state index contributed by atoms with van der Waals surface area (Å²) in [6, 6.07) is 6.49. The summed E-state index contributed by atoms with van der Waals surface area (Å²) >= 11 is 0. The van der Waals surface area contributed by atoms with Crippen LogP contribution < -0.4 is 5.32 Å². The molecule has 1 aromatic heterocycles. The van der Waals surface area contributed by atoms with Crippen molar-refractivity contribution in [1.29, 1.82) is 0 Å². The Morgan fingerprint density at radius 1 is 0.905 bits per heavy atom. The molecule has 0 bridgehead atoms. The van der Waals surface area contributed by atoms with Crippen LogP contribution >= 0.6 is 0 Å². The van der Waals surface area contributed by atoms with Gasteiger partial charge in [0.1, 0.15) is 0 Å². The lowest BCUT2D eigenvalue weighted by Gasteiger charge is -2.12.